The van der Waals surface area contributed by atoms with E-state index in [4.69, 9.17) is 5.73 Å². The molecular weight excluding hydrogens is 268 g/mol. The number of nitrogens with two attached hydrogens (primary N) is 1. The Hall–Kier alpha value is -2.91. The van der Waals surface area contributed by atoms with E-state index in [1.54, 1.807) is 30.2 Å². The second-order valence-electron chi connectivity index (χ2n) is 4.90. The van der Waals surface area contributed by atoms with Gasteiger partial charge in [-0.15, -0.1) is 0 Å². The zero-order chi connectivity index (χ0) is 15.0. The van der Waals surface area contributed by atoms with E-state index in [1.165, 1.54) is 0 Å². The molecule has 0 atom stereocenters. The first-order chi connectivity index (χ1) is 10.1. The van der Waals surface area contributed by atoms with Crippen LogP contribution in [0.5, 0.6) is 0 Å². The van der Waals surface area contributed by atoms with Crippen LogP contribution in [-0.2, 0) is 20.8 Å². The van der Waals surface area contributed by atoms with Crippen molar-refractivity contribution in [3.63, 3.8) is 0 Å². The van der Waals surface area contributed by atoms with Gasteiger partial charge in [-0.2, -0.15) is 0 Å². The molecule has 2 aliphatic rings. The Morgan fingerprint density at radius 1 is 1.33 bits per heavy atom. The van der Waals surface area contributed by atoms with Crippen molar-refractivity contribution < 1.29 is 14.4 Å². The number of benzene rings is 1. The molecule has 0 aromatic heterocycles. The third-order valence-electron chi connectivity index (χ3n) is 3.62. The van der Waals surface area contributed by atoms with E-state index in [0.29, 0.717) is 12.0 Å². The third kappa shape index (κ3) is 2.10. The van der Waals surface area contributed by atoms with Gasteiger partial charge in [0.1, 0.15) is 5.94 Å². The Kier molecular flexibility index (Phi) is 3.05. The zero-order valence-corrected chi connectivity index (χ0v) is 11.1. The molecule has 1 aromatic carbocycles. The van der Waals surface area contributed by atoms with Gasteiger partial charge in [0.05, 0.1) is 17.6 Å². The van der Waals surface area contributed by atoms with Crippen LogP contribution in [0.15, 0.2) is 41.5 Å². The minimum Gasteiger partial charge on any atom is -0.366 e. The molecule has 5 nitrogen and oxygen atoms in total. The Bertz CT molecular complexity index is 781. The number of carbonyl (C=O) groups excluding carboxylic acids is 3. The van der Waals surface area contributed by atoms with E-state index in [-0.39, 0.29) is 23.5 Å². The fourth-order valence-electron chi connectivity index (χ4n) is 2.74. The summed E-state index contributed by atoms with van der Waals surface area (Å²) < 4.78 is 0. The van der Waals surface area contributed by atoms with Crippen molar-refractivity contribution in [2.75, 3.05) is 5.32 Å². The minimum absolute atomic E-state index is 0.0929. The molecule has 1 aliphatic carbocycles. The Morgan fingerprint density at radius 2 is 2.14 bits per heavy atom. The molecule has 1 aromatic rings. The quantitative estimate of drug-likeness (QED) is 0.796. The lowest BCUT2D eigenvalue weighted by atomic mass is 9.86. The highest BCUT2D eigenvalue weighted by atomic mass is 16.2. The molecular formula is C16H12N2O3. The second kappa shape index (κ2) is 4.89. The molecule has 21 heavy (non-hydrogen) atoms. The summed E-state index contributed by atoms with van der Waals surface area (Å²) in [6.45, 7) is 0. The maximum absolute atomic E-state index is 11.7. The minimum atomic E-state index is -0.664. The van der Waals surface area contributed by atoms with Gasteiger partial charge in [-0.1, -0.05) is 24.3 Å². The highest BCUT2D eigenvalue weighted by molar-refractivity contribution is 6.10. The SMILES string of the molecule is NC(=O)C1=C(c2cccc3c2CC(=O)N3)C=CCC1=C=O. The van der Waals surface area contributed by atoms with Gasteiger partial charge in [0.25, 0.3) is 0 Å². The summed E-state index contributed by atoms with van der Waals surface area (Å²) >= 11 is 0. The molecule has 0 spiro atoms. The fourth-order valence-corrected chi connectivity index (χ4v) is 2.74. The smallest absolute Gasteiger partial charge is 0.250 e. The molecule has 0 bridgehead atoms. The van der Waals surface area contributed by atoms with Crippen molar-refractivity contribution in [2.45, 2.75) is 12.8 Å². The topological polar surface area (TPSA) is 89.3 Å². The summed E-state index contributed by atoms with van der Waals surface area (Å²) in [5.74, 6) is 1.03. The predicted molar refractivity (Wildman–Crippen MR) is 77.9 cm³/mol. The summed E-state index contributed by atoms with van der Waals surface area (Å²) in [7, 11) is 0. The van der Waals surface area contributed by atoms with Gasteiger partial charge in [-0.3, -0.25) is 9.59 Å². The van der Waals surface area contributed by atoms with E-state index in [2.05, 4.69) is 5.32 Å². The molecule has 5 heteroatoms. The van der Waals surface area contributed by atoms with Crippen LogP contribution in [0.4, 0.5) is 5.69 Å². The maximum Gasteiger partial charge on any atom is 0.250 e. The average molecular weight is 280 g/mol. The molecule has 0 fully saturated rings. The second-order valence-corrected chi connectivity index (χ2v) is 4.90. The summed E-state index contributed by atoms with van der Waals surface area (Å²) in [6.07, 6.45) is 4.12. The van der Waals surface area contributed by atoms with Gasteiger partial charge in [-0.05, 0) is 22.8 Å². The first-order valence-corrected chi connectivity index (χ1v) is 6.49. The van der Waals surface area contributed by atoms with Gasteiger partial charge in [0, 0.05) is 12.1 Å². The molecule has 0 saturated heterocycles. The average Bonchev–Trinajstić information content (AvgIpc) is 2.86. The zero-order valence-electron chi connectivity index (χ0n) is 11.1. The summed E-state index contributed by atoms with van der Waals surface area (Å²) in [6, 6.07) is 5.41. The number of hydrogen-bond acceptors (Lipinski definition) is 3. The van der Waals surface area contributed by atoms with Crippen molar-refractivity contribution in [1.29, 1.82) is 0 Å². The van der Waals surface area contributed by atoms with Gasteiger partial charge < -0.3 is 11.1 Å². The normalized spacial score (nSPS) is 16.6. The van der Waals surface area contributed by atoms with Crippen LogP contribution < -0.4 is 11.1 Å². The Balaban J connectivity index is 2.27. The molecule has 0 radical (unpaired) electrons. The number of carbonyl (C=O) groups is 2. The highest BCUT2D eigenvalue weighted by Gasteiger charge is 2.26. The largest absolute Gasteiger partial charge is 0.366 e. The molecule has 3 rings (SSSR count). The van der Waals surface area contributed by atoms with Crippen LogP contribution in [0.3, 0.4) is 0 Å². The van der Waals surface area contributed by atoms with Crippen molar-refractivity contribution in [1.82, 2.24) is 0 Å². The van der Waals surface area contributed by atoms with Gasteiger partial charge in [-0.25, -0.2) is 4.79 Å². The number of hydrogen-bond donors (Lipinski definition) is 2. The number of primary amides is 1. The summed E-state index contributed by atoms with van der Waals surface area (Å²) in [4.78, 5) is 34.3. The number of allylic oxidation sites excluding steroid dienone is 3. The van der Waals surface area contributed by atoms with Gasteiger partial charge >= 0.3 is 0 Å². The summed E-state index contributed by atoms with van der Waals surface area (Å²) in [5.41, 5.74) is 8.69. The van der Waals surface area contributed by atoms with Crippen molar-refractivity contribution in [3.8, 4) is 0 Å². The fraction of sp³-hybridized carbons (Fsp3) is 0.125. The summed E-state index contributed by atoms with van der Waals surface area (Å²) in [5, 5.41) is 2.76. The van der Waals surface area contributed by atoms with Crippen LogP contribution in [0, 0.1) is 0 Å². The van der Waals surface area contributed by atoms with Crippen LogP contribution in [0.25, 0.3) is 5.57 Å². The molecule has 104 valence electrons. The molecule has 0 unspecified atom stereocenters. The molecule has 1 aliphatic heterocycles. The third-order valence-corrected chi connectivity index (χ3v) is 3.62. The highest BCUT2D eigenvalue weighted by Crippen LogP contribution is 2.36. The van der Waals surface area contributed by atoms with Crippen LogP contribution in [0.1, 0.15) is 17.5 Å². The maximum atomic E-state index is 11.7. The lowest BCUT2D eigenvalue weighted by Gasteiger charge is -2.16. The number of fused-ring (bicyclic) bond motifs is 1. The van der Waals surface area contributed by atoms with Crippen molar-refractivity contribution >= 4 is 29.0 Å². The molecule has 0 saturated carbocycles. The van der Waals surface area contributed by atoms with Crippen LogP contribution in [-0.4, -0.2) is 17.8 Å². The first kappa shape index (κ1) is 13.1. The van der Waals surface area contributed by atoms with E-state index >= 15 is 0 Å². The first-order valence-electron chi connectivity index (χ1n) is 6.49. The van der Waals surface area contributed by atoms with Crippen molar-refractivity contribution in [3.05, 3.63) is 52.6 Å². The molecule has 3 N–H and O–H groups in total. The number of anilines is 1. The number of rotatable bonds is 2. The van der Waals surface area contributed by atoms with E-state index in [0.717, 1.165) is 16.8 Å². The van der Waals surface area contributed by atoms with Gasteiger partial charge in [0.2, 0.25) is 11.8 Å². The number of nitrogens with one attached hydrogen (secondary N) is 1. The lowest BCUT2D eigenvalue weighted by molar-refractivity contribution is -0.115. The monoisotopic (exact) mass is 280 g/mol. The Morgan fingerprint density at radius 3 is 2.86 bits per heavy atom. The van der Waals surface area contributed by atoms with Gasteiger partial charge in [0.15, 0.2) is 0 Å². The van der Waals surface area contributed by atoms with E-state index in [9.17, 15) is 14.4 Å². The molecule has 1 heterocycles. The standard InChI is InChI=1S/C16H12N2O3/c17-16(21)15-9(8-19)3-1-5-11(15)10-4-2-6-13-12(10)7-14(20)18-13/h1-2,4-6H,3,7H2,(H2,17,21)(H,18,20). The van der Waals surface area contributed by atoms with Crippen molar-refractivity contribution in [2.24, 2.45) is 5.73 Å². The Labute approximate surface area is 120 Å². The predicted octanol–water partition coefficient (Wildman–Crippen LogP) is 1.14. The van der Waals surface area contributed by atoms with E-state index in [1.807, 2.05) is 6.07 Å². The lowest BCUT2D eigenvalue weighted by Crippen LogP contribution is -2.19. The van der Waals surface area contributed by atoms with Crippen LogP contribution in [0.2, 0.25) is 0 Å². The number of amides is 2. The molecule has 2 amide bonds. The van der Waals surface area contributed by atoms with Crippen LogP contribution >= 0.6 is 0 Å². The van der Waals surface area contributed by atoms with E-state index < -0.39 is 5.91 Å².